The van der Waals surface area contributed by atoms with Crippen molar-refractivity contribution in [1.29, 1.82) is 0 Å². The predicted molar refractivity (Wildman–Crippen MR) is 112 cm³/mol. The quantitative estimate of drug-likeness (QED) is 0.664. The molecule has 0 unspecified atom stereocenters. The second kappa shape index (κ2) is 9.29. The maximum atomic E-state index is 13.1. The third-order valence-electron chi connectivity index (χ3n) is 4.38. The van der Waals surface area contributed by atoms with Crippen LogP contribution in [0.15, 0.2) is 30.3 Å². The molecule has 2 N–H and O–H groups in total. The van der Waals surface area contributed by atoms with Gasteiger partial charge in [-0.3, -0.25) is 9.59 Å². The molecule has 29 heavy (non-hydrogen) atoms. The summed E-state index contributed by atoms with van der Waals surface area (Å²) in [5.41, 5.74) is -1.73. The average molecular weight is 407 g/mol. The minimum Gasteiger partial charge on any atom is -0.469 e. The fourth-order valence-electron chi connectivity index (χ4n) is 3.37. The van der Waals surface area contributed by atoms with Crippen LogP contribution in [0.25, 0.3) is 0 Å². The Morgan fingerprint density at radius 1 is 0.966 bits per heavy atom. The number of alkyl carbamates (subject to hydrolysis) is 1. The van der Waals surface area contributed by atoms with Gasteiger partial charge < -0.3 is 20.1 Å². The van der Waals surface area contributed by atoms with Crippen molar-refractivity contribution in [2.45, 2.75) is 66.5 Å². The van der Waals surface area contributed by atoms with Crippen molar-refractivity contribution in [1.82, 2.24) is 5.32 Å². The summed E-state index contributed by atoms with van der Waals surface area (Å²) in [4.78, 5) is 37.7. The molecule has 1 atom stereocenters. The van der Waals surface area contributed by atoms with Gasteiger partial charge in [0, 0.05) is 5.69 Å². The van der Waals surface area contributed by atoms with Crippen LogP contribution in [-0.2, 0) is 19.1 Å². The summed E-state index contributed by atoms with van der Waals surface area (Å²) >= 11 is 0. The van der Waals surface area contributed by atoms with E-state index >= 15 is 0 Å². The highest BCUT2D eigenvalue weighted by molar-refractivity contribution is 5.97. The Morgan fingerprint density at radius 3 is 2.00 bits per heavy atom. The SMILES string of the molecule is COC(=O)C(C)(C)CC(C)(C)[C@H](NC(=O)OC(C)(C)C)C(=O)Nc1ccccc1. The van der Waals surface area contributed by atoms with Gasteiger partial charge in [0.15, 0.2) is 0 Å². The molecule has 0 spiro atoms. The van der Waals surface area contributed by atoms with Crippen molar-refractivity contribution in [2.24, 2.45) is 10.8 Å². The minimum absolute atomic E-state index is 0.301. The normalized spacial score (nSPS) is 13.2. The van der Waals surface area contributed by atoms with Crippen molar-refractivity contribution in [3.63, 3.8) is 0 Å². The molecule has 0 aromatic heterocycles. The van der Waals surface area contributed by atoms with Gasteiger partial charge >= 0.3 is 12.1 Å². The lowest BCUT2D eigenvalue weighted by Gasteiger charge is -2.38. The van der Waals surface area contributed by atoms with Gasteiger partial charge in [0.05, 0.1) is 12.5 Å². The minimum atomic E-state index is -0.943. The molecule has 1 rings (SSSR count). The van der Waals surface area contributed by atoms with E-state index in [0.717, 1.165) is 0 Å². The summed E-state index contributed by atoms with van der Waals surface area (Å²) in [5.74, 6) is -0.780. The number of benzene rings is 1. The van der Waals surface area contributed by atoms with Crippen LogP contribution >= 0.6 is 0 Å². The molecule has 0 radical (unpaired) electrons. The van der Waals surface area contributed by atoms with E-state index in [1.54, 1.807) is 58.9 Å². The number of carbonyl (C=O) groups is 3. The molecule has 0 aliphatic heterocycles. The van der Waals surface area contributed by atoms with Crippen LogP contribution in [0.4, 0.5) is 10.5 Å². The van der Waals surface area contributed by atoms with E-state index in [1.807, 2.05) is 19.9 Å². The number of carbonyl (C=O) groups excluding carboxylic acids is 3. The van der Waals surface area contributed by atoms with Gasteiger partial charge in [0.2, 0.25) is 5.91 Å². The summed E-state index contributed by atoms with van der Waals surface area (Å²) in [6.45, 7) is 12.4. The Kier molecular flexibility index (Phi) is 7.83. The lowest BCUT2D eigenvalue weighted by Crippen LogP contribution is -2.55. The van der Waals surface area contributed by atoms with Gasteiger partial charge in [-0.2, -0.15) is 0 Å². The molecule has 7 heteroatoms. The molecular formula is C22H34N2O5. The smallest absolute Gasteiger partial charge is 0.408 e. The zero-order chi connectivity index (χ0) is 22.5. The second-order valence-electron chi connectivity index (χ2n) is 9.48. The summed E-state index contributed by atoms with van der Waals surface area (Å²) in [5, 5.41) is 5.51. The Balaban J connectivity index is 3.14. The van der Waals surface area contributed by atoms with Crippen molar-refractivity contribution >= 4 is 23.7 Å². The third-order valence-corrected chi connectivity index (χ3v) is 4.38. The molecule has 0 bridgehead atoms. The average Bonchev–Trinajstić information content (AvgIpc) is 2.57. The number of ether oxygens (including phenoxy) is 2. The first-order chi connectivity index (χ1) is 13.2. The molecule has 2 amide bonds. The highest BCUT2D eigenvalue weighted by atomic mass is 16.6. The summed E-state index contributed by atoms with van der Waals surface area (Å²) in [7, 11) is 1.33. The summed E-state index contributed by atoms with van der Waals surface area (Å²) < 4.78 is 10.2. The van der Waals surface area contributed by atoms with Gasteiger partial charge in [-0.05, 0) is 58.6 Å². The molecular weight excluding hydrogens is 372 g/mol. The maximum absolute atomic E-state index is 13.1. The number of methoxy groups -OCH3 is 1. The van der Waals surface area contributed by atoms with Crippen LogP contribution in [-0.4, -0.2) is 36.7 Å². The molecule has 162 valence electrons. The lowest BCUT2D eigenvalue weighted by molar-refractivity contribution is -0.153. The van der Waals surface area contributed by atoms with Crippen LogP contribution in [0.1, 0.15) is 54.9 Å². The Morgan fingerprint density at radius 2 is 1.52 bits per heavy atom. The Bertz CT molecular complexity index is 720. The van der Waals surface area contributed by atoms with Gasteiger partial charge in [0.25, 0.3) is 0 Å². The van der Waals surface area contributed by atoms with E-state index in [0.29, 0.717) is 12.1 Å². The standard InChI is InChI=1S/C22H34N2O5/c1-20(2,3)29-19(27)24-16(17(25)23-15-12-10-9-11-13-15)21(4,5)14-22(6,7)18(26)28-8/h9-13,16H,14H2,1-8H3,(H,23,25)(H,24,27)/t16-/m1/s1. The van der Waals surface area contributed by atoms with E-state index in [9.17, 15) is 14.4 Å². The van der Waals surface area contributed by atoms with Gasteiger partial charge in [-0.25, -0.2) is 4.79 Å². The summed E-state index contributed by atoms with van der Waals surface area (Å²) in [6.07, 6.45) is -0.398. The predicted octanol–water partition coefficient (Wildman–Crippen LogP) is 4.13. The zero-order valence-electron chi connectivity index (χ0n) is 18.7. The largest absolute Gasteiger partial charge is 0.469 e. The molecule has 0 saturated carbocycles. The molecule has 0 saturated heterocycles. The van der Waals surface area contributed by atoms with E-state index in [1.165, 1.54) is 7.11 Å². The van der Waals surface area contributed by atoms with Crippen LogP contribution in [0.2, 0.25) is 0 Å². The molecule has 1 aromatic carbocycles. The van der Waals surface area contributed by atoms with Crippen molar-refractivity contribution < 1.29 is 23.9 Å². The third kappa shape index (κ3) is 7.75. The highest BCUT2D eigenvalue weighted by Gasteiger charge is 2.44. The van der Waals surface area contributed by atoms with Crippen LogP contribution < -0.4 is 10.6 Å². The van der Waals surface area contributed by atoms with Crippen molar-refractivity contribution in [3.05, 3.63) is 30.3 Å². The number of rotatable bonds is 7. The first-order valence-corrected chi connectivity index (χ1v) is 9.62. The lowest BCUT2D eigenvalue weighted by atomic mass is 9.70. The Labute approximate surface area is 173 Å². The van der Waals surface area contributed by atoms with E-state index in [2.05, 4.69) is 10.6 Å². The van der Waals surface area contributed by atoms with E-state index in [4.69, 9.17) is 9.47 Å². The fraction of sp³-hybridized carbons (Fsp3) is 0.591. The second-order valence-corrected chi connectivity index (χ2v) is 9.48. The van der Waals surface area contributed by atoms with Crippen LogP contribution in [0.3, 0.4) is 0 Å². The van der Waals surface area contributed by atoms with E-state index in [-0.39, 0.29) is 5.97 Å². The topological polar surface area (TPSA) is 93.7 Å². The van der Waals surface area contributed by atoms with Crippen LogP contribution in [0, 0.1) is 10.8 Å². The number of para-hydroxylation sites is 1. The molecule has 1 aromatic rings. The first-order valence-electron chi connectivity index (χ1n) is 9.62. The molecule has 7 nitrogen and oxygen atoms in total. The van der Waals surface area contributed by atoms with Crippen molar-refractivity contribution in [2.75, 3.05) is 12.4 Å². The number of amides is 2. The number of esters is 1. The van der Waals surface area contributed by atoms with Crippen molar-refractivity contribution in [3.8, 4) is 0 Å². The number of hydrogen-bond acceptors (Lipinski definition) is 5. The monoisotopic (exact) mass is 406 g/mol. The Hall–Kier alpha value is -2.57. The highest BCUT2D eigenvalue weighted by Crippen LogP contribution is 2.37. The number of nitrogens with one attached hydrogen (secondary N) is 2. The van der Waals surface area contributed by atoms with Gasteiger partial charge in [0.1, 0.15) is 11.6 Å². The summed E-state index contributed by atoms with van der Waals surface area (Å²) in [6, 6.07) is 8.02. The molecule has 0 aliphatic carbocycles. The molecule has 0 aliphatic rings. The van der Waals surface area contributed by atoms with Gasteiger partial charge in [-0.15, -0.1) is 0 Å². The van der Waals surface area contributed by atoms with Crippen LogP contribution in [0.5, 0.6) is 0 Å². The maximum Gasteiger partial charge on any atom is 0.408 e. The molecule has 0 heterocycles. The first kappa shape index (κ1) is 24.5. The zero-order valence-corrected chi connectivity index (χ0v) is 18.7. The van der Waals surface area contributed by atoms with E-state index < -0.39 is 34.5 Å². The number of anilines is 1. The molecule has 0 fully saturated rings. The number of hydrogen-bond donors (Lipinski definition) is 2. The van der Waals surface area contributed by atoms with Gasteiger partial charge in [-0.1, -0.05) is 32.0 Å². The fourth-order valence-corrected chi connectivity index (χ4v) is 3.37.